The van der Waals surface area contributed by atoms with Gasteiger partial charge in [-0.25, -0.2) is 4.98 Å². The average Bonchev–Trinajstić information content (AvgIpc) is 3.00. The van der Waals surface area contributed by atoms with Gasteiger partial charge in [-0.2, -0.15) is 5.10 Å². The lowest BCUT2D eigenvalue weighted by atomic mass is 10.2. The Kier molecular flexibility index (Phi) is 2.58. The molecule has 3 aromatic rings. The molecule has 6 heteroatoms. The fraction of sp³-hybridized carbons (Fsp3) is 0.385. The topological polar surface area (TPSA) is 74.8 Å². The molecule has 0 radical (unpaired) electrons. The number of hydrogen-bond acceptors (Lipinski definition) is 4. The van der Waals surface area contributed by atoms with Crippen molar-refractivity contribution in [3.05, 3.63) is 29.9 Å². The molecule has 2 N–H and O–H groups in total. The molecule has 0 fully saturated rings. The standard InChI is InChI=1S/C13H17N5O/c1-8(7-10-5-4-6-19-10)18-12-11(15-13(18)14)9(2)16-17(12)3/h4-6,8H,7H2,1-3H3,(H2,14,15). The van der Waals surface area contributed by atoms with E-state index in [1.807, 2.05) is 35.4 Å². The second-order valence-corrected chi connectivity index (χ2v) is 4.85. The number of anilines is 1. The first kappa shape index (κ1) is 11.8. The molecule has 0 aromatic carbocycles. The van der Waals surface area contributed by atoms with Gasteiger partial charge in [0.2, 0.25) is 5.95 Å². The number of nitrogens with two attached hydrogens (primary N) is 1. The van der Waals surface area contributed by atoms with E-state index in [4.69, 9.17) is 10.2 Å². The van der Waals surface area contributed by atoms with E-state index < -0.39 is 0 Å². The van der Waals surface area contributed by atoms with Crippen LogP contribution in [-0.4, -0.2) is 19.3 Å². The predicted octanol–water partition coefficient (Wildman–Crippen LogP) is 2.06. The Bertz CT molecular complexity index is 707. The van der Waals surface area contributed by atoms with Gasteiger partial charge in [-0.05, 0) is 26.0 Å². The minimum absolute atomic E-state index is 0.158. The molecule has 0 aliphatic rings. The Hall–Kier alpha value is -2.24. The van der Waals surface area contributed by atoms with Gasteiger partial charge < -0.3 is 10.2 Å². The zero-order valence-electron chi connectivity index (χ0n) is 11.3. The lowest BCUT2D eigenvalue weighted by Gasteiger charge is -2.14. The van der Waals surface area contributed by atoms with Crippen LogP contribution in [0.25, 0.3) is 11.2 Å². The largest absolute Gasteiger partial charge is 0.469 e. The van der Waals surface area contributed by atoms with Crippen LogP contribution in [0.2, 0.25) is 0 Å². The molecule has 6 nitrogen and oxygen atoms in total. The van der Waals surface area contributed by atoms with Crippen LogP contribution in [-0.2, 0) is 13.5 Å². The first-order chi connectivity index (χ1) is 9.08. The van der Waals surface area contributed by atoms with Crippen LogP contribution in [0.15, 0.2) is 22.8 Å². The van der Waals surface area contributed by atoms with Gasteiger partial charge in [0, 0.05) is 19.5 Å². The molecule has 1 unspecified atom stereocenters. The second-order valence-electron chi connectivity index (χ2n) is 4.85. The Morgan fingerprint density at radius 3 is 2.95 bits per heavy atom. The maximum Gasteiger partial charge on any atom is 0.202 e. The quantitative estimate of drug-likeness (QED) is 0.781. The molecule has 0 amide bonds. The lowest BCUT2D eigenvalue weighted by molar-refractivity contribution is 0.453. The third-order valence-corrected chi connectivity index (χ3v) is 3.38. The van der Waals surface area contributed by atoms with Crippen LogP contribution >= 0.6 is 0 Å². The molecule has 3 rings (SSSR count). The number of rotatable bonds is 3. The van der Waals surface area contributed by atoms with E-state index >= 15 is 0 Å². The normalized spacial score (nSPS) is 13.2. The van der Waals surface area contributed by atoms with Crippen molar-refractivity contribution in [2.45, 2.75) is 26.3 Å². The highest BCUT2D eigenvalue weighted by atomic mass is 16.3. The molecule has 0 saturated heterocycles. The highest BCUT2D eigenvalue weighted by Crippen LogP contribution is 2.26. The van der Waals surface area contributed by atoms with Crippen molar-refractivity contribution in [3.8, 4) is 0 Å². The second kappa shape index (κ2) is 4.15. The number of nitrogen functional groups attached to an aromatic ring is 1. The molecule has 3 heterocycles. The Morgan fingerprint density at radius 2 is 2.26 bits per heavy atom. The molecule has 19 heavy (non-hydrogen) atoms. The summed E-state index contributed by atoms with van der Waals surface area (Å²) in [5.41, 5.74) is 8.76. The summed E-state index contributed by atoms with van der Waals surface area (Å²) in [6, 6.07) is 4.02. The van der Waals surface area contributed by atoms with Gasteiger partial charge in [-0.15, -0.1) is 0 Å². The van der Waals surface area contributed by atoms with Crippen LogP contribution < -0.4 is 5.73 Å². The van der Waals surface area contributed by atoms with E-state index in [-0.39, 0.29) is 6.04 Å². The predicted molar refractivity (Wildman–Crippen MR) is 72.8 cm³/mol. The van der Waals surface area contributed by atoms with Crippen molar-refractivity contribution < 1.29 is 4.42 Å². The maximum absolute atomic E-state index is 6.05. The third-order valence-electron chi connectivity index (χ3n) is 3.38. The molecule has 100 valence electrons. The van der Waals surface area contributed by atoms with E-state index in [2.05, 4.69) is 17.0 Å². The number of furan rings is 1. The Balaban J connectivity index is 2.06. The van der Waals surface area contributed by atoms with Gasteiger partial charge in [0.25, 0.3) is 0 Å². The fourth-order valence-corrected chi connectivity index (χ4v) is 2.56. The summed E-state index contributed by atoms with van der Waals surface area (Å²) in [5, 5.41) is 4.39. The molecule has 0 aliphatic carbocycles. The van der Waals surface area contributed by atoms with Gasteiger partial charge in [0.1, 0.15) is 11.3 Å². The van der Waals surface area contributed by atoms with Gasteiger partial charge in [-0.1, -0.05) is 0 Å². The first-order valence-corrected chi connectivity index (χ1v) is 6.27. The van der Waals surface area contributed by atoms with Crippen molar-refractivity contribution in [1.82, 2.24) is 19.3 Å². The summed E-state index contributed by atoms with van der Waals surface area (Å²) >= 11 is 0. The first-order valence-electron chi connectivity index (χ1n) is 6.27. The number of nitrogens with zero attached hydrogens (tertiary/aromatic N) is 4. The van der Waals surface area contributed by atoms with Gasteiger partial charge in [0.05, 0.1) is 12.0 Å². The number of fused-ring (bicyclic) bond motifs is 1. The van der Waals surface area contributed by atoms with Crippen molar-refractivity contribution in [2.24, 2.45) is 7.05 Å². The van der Waals surface area contributed by atoms with Crippen molar-refractivity contribution >= 4 is 17.1 Å². The molecule has 0 bridgehead atoms. The molecule has 0 spiro atoms. The van der Waals surface area contributed by atoms with E-state index in [1.165, 1.54) is 0 Å². The zero-order chi connectivity index (χ0) is 13.6. The van der Waals surface area contributed by atoms with Gasteiger partial charge in [0.15, 0.2) is 5.65 Å². The number of aryl methyl sites for hydroxylation is 2. The van der Waals surface area contributed by atoms with Crippen LogP contribution in [0.4, 0.5) is 5.95 Å². The summed E-state index contributed by atoms with van der Waals surface area (Å²) in [6.45, 7) is 4.04. The summed E-state index contributed by atoms with van der Waals surface area (Å²) in [6.07, 6.45) is 2.45. The SMILES string of the molecule is Cc1nn(C)c2c1nc(N)n2C(C)Cc1ccco1. The Morgan fingerprint density at radius 1 is 1.47 bits per heavy atom. The van der Waals surface area contributed by atoms with Crippen LogP contribution in [0.3, 0.4) is 0 Å². The summed E-state index contributed by atoms with van der Waals surface area (Å²) in [5.74, 6) is 1.46. The summed E-state index contributed by atoms with van der Waals surface area (Å²) in [7, 11) is 1.91. The van der Waals surface area contributed by atoms with Crippen LogP contribution in [0, 0.1) is 6.92 Å². The minimum Gasteiger partial charge on any atom is -0.469 e. The number of imidazole rings is 1. The van der Waals surface area contributed by atoms with Gasteiger partial charge >= 0.3 is 0 Å². The third kappa shape index (κ3) is 1.80. The monoisotopic (exact) mass is 259 g/mol. The van der Waals surface area contributed by atoms with E-state index in [0.29, 0.717) is 5.95 Å². The molecule has 0 aliphatic heterocycles. The fourth-order valence-electron chi connectivity index (χ4n) is 2.56. The number of aromatic nitrogens is 4. The Labute approximate surface area is 110 Å². The maximum atomic E-state index is 6.05. The van der Waals surface area contributed by atoms with Crippen LogP contribution in [0.5, 0.6) is 0 Å². The smallest absolute Gasteiger partial charge is 0.202 e. The van der Waals surface area contributed by atoms with Crippen LogP contribution in [0.1, 0.15) is 24.4 Å². The molecule has 3 aromatic heterocycles. The minimum atomic E-state index is 0.158. The van der Waals surface area contributed by atoms with Gasteiger partial charge in [-0.3, -0.25) is 9.25 Å². The molecular weight excluding hydrogens is 242 g/mol. The average molecular weight is 259 g/mol. The molecule has 1 atom stereocenters. The highest BCUT2D eigenvalue weighted by molar-refractivity contribution is 5.77. The zero-order valence-corrected chi connectivity index (χ0v) is 11.3. The van der Waals surface area contributed by atoms with Crippen molar-refractivity contribution in [3.63, 3.8) is 0 Å². The van der Waals surface area contributed by atoms with Crippen molar-refractivity contribution in [1.29, 1.82) is 0 Å². The number of hydrogen-bond donors (Lipinski definition) is 1. The van der Waals surface area contributed by atoms with Crippen molar-refractivity contribution in [2.75, 3.05) is 5.73 Å². The lowest BCUT2D eigenvalue weighted by Crippen LogP contribution is -2.13. The van der Waals surface area contributed by atoms with E-state index in [9.17, 15) is 0 Å². The van der Waals surface area contributed by atoms with E-state index in [0.717, 1.165) is 29.0 Å². The summed E-state index contributed by atoms with van der Waals surface area (Å²) in [4.78, 5) is 4.41. The summed E-state index contributed by atoms with van der Waals surface area (Å²) < 4.78 is 9.23. The highest BCUT2D eigenvalue weighted by Gasteiger charge is 2.20. The van der Waals surface area contributed by atoms with E-state index in [1.54, 1.807) is 6.26 Å². The molecular formula is C13H17N5O. The molecule has 0 saturated carbocycles.